The largest absolute Gasteiger partial charge is 0.506 e. The third kappa shape index (κ3) is 11.3. The van der Waals surface area contributed by atoms with E-state index in [1.54, 1.807) is 41.3 Å². The van der Waals surface area contributed by atoms with E-state index in [2.05, 4.69) is 20.5 Å². The fourth-order valence-corrected chi connectivity index (χ4v) is 8.72. The lowest BCUT2D eigenvalue weighted by molar-refractivity contribution is -0.0336. The number of ether oxygens (including phenoxy) is 3. The van der Waals surface area contributed by atoms with Crippen LogP contribution in [-0.4, -0.2) is 94.9 Å². The Morgan fingerprint density at radius 2 is 1.58 bits per heavy atom. The van der Waals surface area contributed by atoms with E-state index in [1.165, 1.54) is 12.1 Å². The summed E-state index contributed by atoms with van der Waals surface area (Å²) in [4.78, 5) is 57.9. The number of fused-ring (bicyclic) bond motifs is 4. The first-order valence-electron chi connectivity index (χ1n) is 22.5. The van der Waals surface area contributed by atoms with Crippen LogP contribution >= 0.6 is 0 Å². The lowest BCUT2D eigenvalue weighted by Crippen LogP contribution is -2.52. The fourth-order valence-electron chi connectivity index (χ4n) is 8.72. The number of alkyl carbamates (subject to hydrolysis) is 1. The van der Waals surface area contributed by atoms with E-state index in [0.717, 1.165) is 54.7 Å². The molecule has 0 spiro atoms. The molecule has 3 fully saturated rings. The smallest absolute Gasteiger partial charge is 0.408 e. The first-order chi connectivity index (χ1) is 32.1. The van der Waals surface area contributed by atoms with Gasteiger partial charge in [-0.15, -0.1) is 0 Å². The van der Waals surface area contributed by atoms with Gasteiger partial charge in [0.2, 0.25) is 5.56 Å². The van der Waals surface area contributed by atoms with Gasteiger partial charge in [-0.2, -0.15) is 0 Å². The van der Waals surface area contributed by atoms with Crippen LogP contribution in [0.1, 0.15) is 80.4 Å². The van der Waals surface area contributed by atoms with Gasteiger partial charge in [0.05, 0.1) is 29.8 Å². The van der Waals surface area contributed by atoms with Crippen molar-refractivity contribution in [3.05, 3.63) is 177 Å². The first-order valence-corrected chi connectivity index (χ1v) is 22.5. The van der Waals surface area contributed by atoms with Gasteiger partial charge >= 0.3 is 12.1 Å². The average molecular weight is 894 g/mol. The molecule has 2 bridgehead atoms. The van der Waals surface area contributed by atoms with Gasteiger partial charge in [-0.25, -0.2) is 9.59 Å². The molecule has 2 amide bonds. The Bertz CT molecular complexity index is 2670. The number of phenols is 1. The van der Waals surface area contributed by atoms with E-state index in [4.69, 9.17) is 14.2 Å². The van der Waals surface area contributed by atoms with Crippen molar-refractivity contribution in [3.8, 4) is 11.5 Å². The van der Waals surface area contributed by atoms with Gasteiger partial charge in [0.25, 0.3) is 5.91 Å². The quantitative estimate of drug-likeness (QED) is 0.0569. The second kappa shape index (κ2) is 21.3. The number of aromatic amines is 1. The van der Waals surface area contributed by atoms with Crippen molar-refractivity contribution >= 4 is 28.9 Å². The number of rotatable bonds is 18. The summed E-state index contributed by atoms with van der Waals surface area (Å²) in [5, 5.41) is 27.9. The van der Waals surface area contributed by atoms with Gasteiger partial charge < -0.3 is 44.9 Å². The van der Waals surface area contributed by atoms with Crippen LogP contribution in [0.3, 0.4) is 0 Å². The Kier molecular flexibility index (Phi) is 14.7. The van der Waals surface area contributed by atoms with E-state index in [-0.39, 0.29) is 55.1 Å². The third-order valence-electron chi connectivity index (χ3n) is 12.4. The van der Waals surface area contributed by atoms with Crippen molar-refractivity contribution in [2.75, 3.05) is 45.9 Å². The van der Waals surface area contributed by atoms with Crippen molar-refractivity contribution in [1.82, 2.24) is 25.4 Å². The molecule has 4 heterocycles. The minimum atomic E-state index is -0.898. The maximum atomic E-state index is 13.4. The van der Waals surface area contributed by atoms with Crippen molar-refractivity contribution in [3.63, 3.8) is 0 Å². The van der Waals surface area contributed by atoms with Crippen LogP contribution < -0.4 is 20.9 Å². The zero-order valence-electron chi connectivity index (χ0n) is 36.9. The molecular weight excluding hydrogens is 839 g/mol. The molecule has 3 saturated heterocycles. The lowest BCUT2D eigenvalue weighted by atomic mass is 9.86. The van der Waals surface area contributed by atoms with E-state index < -0.39 is 24.2 Å². The maximum Gasteiger partial charge on any atom is 0.408 e. The molecule has 14 heteroatoms. The summed E-state index contributed by atoms with van der Waals surface area (Å²) in [5.74, 6) is 0.272. The standard InChI is InChI=1S/C52H55N5O9/c1-2-57(50(61)38-15-11-34(12-16-38)30-53-31-45(59)42-19-21-44(58)49-43(42)20-22-47(60)54-49)27-28-64-51(62)39-17-13-35(14-18-39)33-65-41-10-6-9-40(29-41)48(37-7-4-3-5-8-37)55-52(63)66-46-32-56-25-23-36(46)24-26-56/h3-22,29,36,45-46,48,53,58-59H,2,23-28,30-33H2,1H3,(H,54,60)(H,55,63). The van der Waals surface area contributed by atoms with Crippen LogP contribution in [0.2, 0.25) is 0 Å². The lowest BCUT2D eigenvalue weighted by Gasteiger charge is -2.43. The van der Waals surface area contributed by atoms with Crippen molar-refractivity contribution in [2.24, 2.45) is 5.92 Å². The highest BCUT2D eigenvalue weighted by molar-refractivity contribution is 5.94. The molecule has 3 unspecified atom stereocenters. The average Bonchev–Trinajstić information content (AvgIpc) is 3.35. The number of aliphatic hydroxyl groups excluding tert-OH is 1. The molecule has 3 aliphatic heterocycles. The normalized spacial score (nSPS) is 17.4. The van der Waals surface area contributed by atoms with E-state index >= 15 is 0 Å². The van der Waals surface area contributed by atoms with Crippen molar-refractivity contribution in [1.29, 1.82) is 0 Å². The van der Waals surface area contributed by atoms with Crippen LogP contribution in [0.25, 0.3) is 10.9 Å². The highest BCUT2D eigenvalue weighted by Crippen LogP contribution is 2.32. The number of piperidine rings is 3. The van der Waals surface area contributed by atoms with Gasteiger partial charge in [0.1, 0.15) is 30.8 Å². The number of hydrogen-bond donors (Lipinski definition) is 5. The number of H-pyrrole nitrogens is 1. The monoisotopic (exact) mass is 893 g/mol. The van der Waals surface area contributed by atoms with Crippen LogP contribution in [0, 0.1) is 5.92 Å². The Morgan fingerprint density at radius 3 is 2.30 bits per heavy atom. The molecule has 66 heavy (non-hydrogen) atoms. The van der Waals surface area contributed by atoms with Gasteiger partial charge in [-0.05, 0) is 115 Å². The first kappa shape index (κ1) is 45.6. The van der Waals surface area contributed by atoms with Crippen LogP contribution in [0.5, 0.6) is 11.5 Å². The molecule has 3 atom stereocenters. The number of likely N-dealkylation sites (N-methyl/N-ethyl adjacent to an activating group) is 1. The summed E-state index contributed by atoms with van der Waals surface area (Å²) >= 11 is 0. The Balaban J connectivity index is 0.782. The molecular formula is C52H55N5O9. The number of aromatic nitrogens is 1. The number of hydrogen-bond acceptors (Lipinski definition) is 11. The number of carbonyl (C=O) groups is 3. The summed E-state index contributed by atoms with van der Waals surface area (Å²) in [6, 6.07) is 37.1. The second-order valence-corrected chi connectivity index (χ2v) is 16.8. The highest BCUT2D eigenvalue weighted by atomic mass is 16.6. The topological polar surface area (TPSA) is 183 Å². The van der Waals surface area contributed by atoms with E-state index in [0.29, 0.717) is 46.8 Å². The molecule has 5 aromatic carbocycles. The number of benzene rings is 5. The Morgan fingerprint density at radius 1 is 0.848 bits per heavy atom. The van der Waals surface area contributed by atoms with Gasteiger partial charge in [-0.3, -0.25) is 14.5 Å². The summed E-state index contributed by atoms with van der Waals surface area (Å²) in [6.45, 7) is 6.34. The van der Waals surface area contributed by atoms with Gasteiger partial charge in [0.15, 0.2) is 0 Å². The number of carbonyl (C=O) groups excluding carboxylic acids is 3. The molecule has 14 nitrogen and oxygen atoms in total. The van der Waals surface area contributed by atoms with Crippen LogP contribution in [-0.2, 0) is 22.6 Å². The number of amides is 2. The molecule has 1 aromatic heterocycles. The number of nitrogens with zero attached hydrogens (tertiary/aromatic N) is 2. The van der Waals surface area contributed by atoms with E-state index in [9.17, 15) is 29.4 Å². The Labute approximate surface area is 383 Å². The SMILES string of the molecule is CCN(CCOC(=O)c1ccc(COc2cccc(C(NC(=O)OC3CN4CCC3CC4)c3ccccc3)c2)cc1)C(=O)c1ccc(CNCC(O)c2ccc(O)c3[nH]c(=O)ccc23)cc1. The molecule has 0 aliphatic carbocycles. The van der Waals surface area contributed by atoms with Crippen molar-refractivity contribution < 1.29 is 38.8 Å². The predicted octanol–water partition coefficient (Wildman–Crippen LogP) is 6.86. The number of aromatic hydroxyl groups is 1. The molecule has 0 saturated carbocycles. The second-order valence-electron chi connectivity index (χ2n) is 16.8. The minimum Gasteiger partial charge on any atom is -0.506 e. The third-order valence-corrected chi connectivity index (χ3v) is 12.4. The zero-order valence-corrected chi connectivity index (χ0v) is 36.9. The molecule has 3 aliphatic rings. The van der Waals surface area contributed by atoms with Crippen molar-refractivity contribution in [2.45, 2.75) is 51.2 Å². The summed E-state index contributed by atoms with van der Waals surface area (Å²) < 4.78 is 17.7. The van der Waals surface area contributed by atoms with Crippen LogP contribution in [0.15, 0.2) is 132 Å². The maximum absolute atomic E-state index is 13.4. The molecule has 9 rings (SSSR count). The van der Waals surface area contributed by atoms with Crippen LogP contribution in [0.4, 0.5) is 4.79 Å². The summed E-state index contributed by atoms with van der Waals surface area (Å²) in [6.07, 6.45) is 0.678. The molecule has 5 N–H and O–H groups in total. The number of pyridine rings is 1. The summed E-state index contributed by atoms with van der Waals surface area (Å²) in [7, 11) is 0. The predicted molar refractivity (Wildman–Crippen MR) is 249 cm³/mol. The number of aliphatic hydroxyl groups is 1. The molecule has 0 radical (unpaired) electrons. The van der Waals surface area contributed by atoms with Gasteiger partial charge in [-0.1, -0.05) is 72.8 Å². The number of phenolic OH excluding ortho intramolecular Hbond substituents is 1. The number of nitrogens with one attached hydrogen (secondary N) is 3. The highest BCUT2D eigenvalue weighted by Gasteiger charge is 2.37. The molecule has 342 valence electrons. The summed E-state index contributed by atoms with van der Waals surface area (Å²) in [5.41, 5.74) is 4.89. The zero-order chi connectivity index (χ0) is 46.0. The Hall–Kier alpha value is -7.00. The minimum absolute atomic E-state index is 0.0204. The van der Waals surface area contributed by atoms with E-state index in [1.807, 2.05) is 85.8 Å². The van der Waals surface area contributed by atoms with Gasteiger partial charge in [0, 0.05) is 43.2 Å². The number of esters is 1. The fraction of sp³-hybridized carbons (Fsp3) is 0.308. The molecule has 6 aromatic rings.